The molecule has 0 spiro atoms. The van der Waals surface area contributed by atoms with E-state index >= 15 is 0 Å². The first kappa shape index (κ1) is 10.6. The summed E-state index contributed by atoms with van der Waals surface area (Å²) in [5.74, 6) is 3.51. The van der Waals surface area contributed by atoms with Gasteiger partial charge in [-0.3, -0.25) is 0 Å². The monoisotopic (exact) mass is 221 g/mol. The van der Waals surface area contributed by atoms with Crippen LogP contribution in [0.25, 0.3) is 0 Å². The van der Waals surface area contributed by atoms with Crippen molar-refractivity contribution in [3.63, 3.8) is 0 Å². The fraction of sp³-hybridized carbons (Fsp3) is 0.929. The maximum atomic E-state index is 10.8. The van der Waals surface area contributed by atoms with Gasteiger partial charge in [-0.2, -0.15) is 0 Å². The molecule has 0 atom stereocenters. The Bertz CT molecular complexity index is 267. The maximum Gasteiger partial charge on any atom is 0.418 e. The maximum absolute atomic E-state index is 10.8. The molecule has 4 bridgehead atoms. The number of ether oxygens (including phenoxy) is 1. The third-order valence-corrected chi connectivity index (χ3v) is 5.54. The molecule has 4 aliphatic carbocycles. The second-order valence-corrected chi connectivity index (χ2v) is 6.50. The zero-order valence-electron chi connectivity index (χ0n) is 10.2. The molecule has 0 amide bonds. The van der Waals surface area contributed by atoms with E-state index in [0.29, 0.717) is 17.8 Å². The van der Waals surface area contributed by atoms with Gasteiger partial charge < -0.3 is 4.74 Å². The summed E-state index contributed by atoms with van der Waals surface area (Å²) < 4.78 is 5.56. The van der Waals surface area contributed by atoms with Gasteiger partial charge in [0.15, 0.2) is 0 Å². The molecule has 0 aromatic heterocycles. The lowest BCUT2D eigenvalue weighted by Crippen LogP contribution is -2.61. The molecule has 0 aliphatic heterocycles. The molecule has 0 unspecified atom stereocenters. The summed E-state index contributed by atoms with van der Waals surface area (Å²) in [5.41, 5.74) is -0.171. The highest BCUT2D eigenvalue weighted by Crippen LogP contribution is 2.61. The number of rotatable bonds is 3. The Labute approximate surface area is 97.7 Å². The quantitative estimate of drug-likeness (QED) is 0.732. The second-order valence-electron chi connectivity index (χ2n) is 6.50. The summed E-state index contributed by atoms with van der Waals surface area (Å²) in [4.78, 5) is 10.8. The van der Waals surface area contributed by atoms with Crippen LogP contribution in [0.1, 0.15) is 46.0 Å². The molecule has 89 valence electrons. The van der Waals surface area contributed by atoms with Gasteiger partial charge in [0, 0.05) is 0 Å². The van der Waals surface area contributed by atoms with Gasteiger partial charge in [-0.15, -0.1) is 0 Å². The average Bonchev–Trinajstić information content (AvgIpc) is 2.22. The van der Waals surface area contributed by atoms with Gasteiger partial charge in [0.25, 0.3) is 0 Å². The van der Waals surface area contributed by atoms with Crippen molar-refractivity contribution in [2.75, 3.05) is 0 Å². The third kappa shape index (κ3) is 1.22. The molecule has 1 radical (unpaired) electrons. The Hall–Kier alpha value is -0.530. The Balaban J connectivity index is 1.96. The summed E-state index contributed by atoms with van der Waals surface area (Å²) >= 11 is 0. The normalized spacial score (nSPS) is 49.7. The summed E-state index contributed by atoms with van der Waals surface area (Å²) in [6, 6.07) is 0. The van der Waals surface area contributed by atoms with Crippen molar-refractivity contribution >= 4 is 6.47 Å². The summed E-state index contributed by atoms with van der Waals surface area (Å²) in [5, 5.41) is 0. The summed E-state index contributed by atoms with van der Waals surface area (Å²) in [6.45, 7) is 6.18. The predicted octanol–water partition coefficient (Wildman–Crippen LogP) is 2.92. The minimum Gasteiger partial charge on any atom is -0.450 e. The highest BCUT2D eigenvalue weighted by molar-refractivity contribution is 5.40. The van der Waals surface area contributed by atoms with E-state index in [2.05, 4.69) is 13.8 Å². The number of carbonyl (C=O) groups excluding carboxylic acids is 1. The predicted molar refractivity (Wildman–Crippen MR) is 61.4 cm³/mol. The molecule has 16 heavy (non-hydrogen) atoms. The van der Waals surface area contributed by atoms with Crippen molar-refractivity contribution in [1.82, 2.24) is 0 Å². The van der Waals surface area contributed by atoms with Crippen LogP contribution in [0.3, 0.4) is 0 Å². The van der Waals surface area contributed by atoms with Crippen molar-refractivity contribution in [2.45, 2.75) is 51.6 Å². The summed E-state index contributed by atoms with van der Waals surface area (Å²) in [6.07, 6.45) is 6.57. The van der Waals surface area contributed by atoms with E-state index in [0.717, 1.165) is 11.8 Å². The van der Waals surface area contributed by atoms with Crippen molar-refractivity contribution in [3.8, 4) is 0 Å². The topological polar surface area (TPSA) is 26.3 Å². The van der Waals surface area contributed by atoms with Crippen molar-refractivity contribution in [2.24, 2.45) is 29.6 Å². The zero-order chi connectivity index (χ0) is 11.3. The third-order valence-electron chi connectivity index (χ3n) is 5.54. The lowest BCUT2D eigenvalue weighted by molar-refractivity contribution is -0.186. The van der Waals surface area contributed by atoms with Gasteiger partial charge in [0.2, 0.25) is 0 Å². The van der Waals surface area contributed by atoms with Crippen LogP contribution in [0.15, 0.2) is 0 Å². The number of hydrogen-bond donors (Lipinski definition) is 0. The molecule has 0 N–H and O–H groups in total. The molecular formula is C14H21O2. The van der Waals surface area contributed by atoms with E-state index in [9.17, 15) is 4.79 Å². The van der Waals surface area contributed by atoms with E-state index in [1.807, 2.05) is 0 Å². The van der Waals surface area contributed by atoms with Crippen LogP contribution in [-0.4, -0.2) is 12.1 Å². The van der Waals surface area contributed by atoms with E-state index < -0.39 is 0 Å². The molecule has 2 heteroatoms. The van der Waals surface area contributed by atoms with Crippen LogP contribution >= 0.6 is 0 Å². The highest BCUT2D eigenvalue weighted by atomic mass is 16.5. The largest absolute Gasteiger partial charge is 0.450 e. The molecule has 0 aromatic carbocycles. The first-order chi connectivity index (χ1) is 7.66. The lowest BCUT2D eigenvalue weighted by atomic mass is 9.47. The molecule has 0 saturated heterocycles. The Morgan fingerprint density at radius 1 is 1.06 bits per heavy atom. The van der Waals surface area contributed by atoms with Crippen molar-refractivity contribution in [3.05, 3.63) is 0 Å². The molecule has 4 rings (SSSR count). The van der Waals surface area contributed by atoms with Crippen LogP contribution in [-0.2, 0) is 9.53 Å². The Morgan fingerprint density at radius 2 is 1.56 bits per heavy atom. The molecule has 0 heterocycles. The van der Waals surface area contributed by atoms with Gasteiger partial charge in [0.1, 0.15) is 5.60 Å². The van der Waals surface area contributed by atoms with Crippen LogP contribution in [0.2, 0.25) is 0 Å². The average molecular weight is 221 g/mol. The molecule has 0 aromatic rings. The van der Waals surface area contributed by atoms with Crippen LogP contribution < -0.4 is 0 Å². The highest BCUT2D eigenvalue weighted by Gasteiger charge is 2.60. The van der Waals surface area contributed by atoms with Crippen molar-refractivity contribution in [1.29, 1.82) is 0 Å². The minimum atomic E-state index is -0.171. The lowest BCUT2D eigenvalue weighted by Gasteiger charge is -2.61. The minimum absolute atomic E-state index is 0.171. The zero-order valence-corrected chi connectivity index (χ0v) is 10.2. The summed E-state index contributed by atoms with van der Waals surface area (Å²) in [7, 11) is 0. The van der Waals surface area contributed by atoms with Gasteiger partial charge >= 0.3 is 6.47 Å². The van der Waals surface area contributed by atoms with Crippen molar-refractivity contribution < 1.29 is 9.53 Å². The van der Waals surface area contributed by atoms with E-state index in [4.69, 9.17) is 4.74 Å². The van der Waals surface area contributed by atoms with E-state index in [1.165, 1.54) is 32.1 Å². The van der Waals surface area contributed by atoms with Gasteiger partial charge in [0.05, 0.1) is 0 Å². The smallest absolute Gasteiger partial charge is 0.418 e. The Morgan fingerprint density at radius 3 is 1.94 bits per heavy atom. The van der Waals surface area contributed by atoms with Gasteiger partial charge in [-0.25, -0.2) is 4.79 Å². The molecule has 2 nitrogen and oxygen atoms in total. The van der Waals surface area contributed by atoms with Gasteiger partial charge in [-0.1, -0.05) is 13.8 Å². The molecule has 4 aliphatic rings. The first-order valence-electron chi connectivity index (χ1n) is 6.72. The van der Waals surface area contributed by atoms with E-state index in [-0.39, 0.29) is 5.60 Å². The molecule has 4 fully saturated rings. The standard InChI is InChI=1S/C14H21O2/c1-9(2)14(16-8-15)12-4-10-3-11(6-12)7-13(14)5-10/h9-13H,3-7H2,1-2H3. The van der Waals surface area contributed by atoms with Crippen LogP contribution in [0.5, 0.6) is 0 Å². The van der Waals surface area contributed by atoms with Gasteiger partial charge in [-0.05, 0) is 61.7 Å². The molecule has 4 saturated carbocycles. The molecular weight excluding hydrogens is 200 g/mol. The fourth-order valence-electron chi connectivity index (χ4n) is 5.22. The van der Waals surface area contributed by atoms with Crippen LogP contribution in [0.4, 0.5) is 0 Å². The SMILES string of the molecule is CC(C)C1(O[C]=O)C2CC3CC(C2)CC1C3. The second kappa shape index (κ2) is 3.48. The fourth-order valence-corrected chi connectivity index (χ4v) is 5.22. The number of hydrogen-bond acceptors (Lipinski definition) is 2. The first-order valence-corrected chi connectivity index (χ1v) is 6.72. The Kier molecular flexibility index (Phi) is 2.31. The van der Waals surface area contributed by atoms with E-state index in [1.54, 1.807) is 6.47 Å². The van der Waals surface area contributed by atoms with Crippen LogP contribution in [0, 0.1) is 29.6 Å².